The van der Waals surface area contributed by atoms with Crippen LogP contribution in [0.25, 0.3) is 0 Å². The average Bonchev–Trinajstić information content (AvgIpc) is 3.25. The van der Waals surface area contributed by atoms with E-state index in [0.29, 0.717) is 43.0 Å². The van der Waals surface area contributed by atoms with Crippen molar-refractivity contribution in [2.45, 2.75) is 44.0 Å². The zero-order chi connectivity index (χ0) is 18.9. The van der Waals surface area contributed by atoms with E-state index in [1.165, 1.54) is 17.2 Å². The van der Waals surface area contributed by atoms with Crippen molar-refractivity contribution >= 4 is 17.2 Å². The summed E-state index contributed by atoms with van der Waals surface area (Å²) in [7, 11) is 0. The van der Waals surface area contributed by atoms with Gasteiger partial charge in [0.15, 0.2) is 0 Å². The second-order valence-corrected chi connectivity index (χ2v) is 7.18. The van der Waals surface area contributed by atoms with Crippen LogP contribution in [-0.4, -0.2) is 55.2 Å². The van der Waals surface area contributed by atoms with Gasteiger partial charge in [-0.15, -0.1) is 16.4 Å². The molecule has 142 valence electrons. The fourth-order valence-corrected chi connectivity index (χ4v) is 3.88. The summed E-state index contributed by atoms with van der Waals surface area (Å²) < 4.78 is 42.2. The molecule has 1 aliphatic heterocycles. The van der Waals surface area contributed by atoms with E-state index in [1.54, 1.807) is 17.1 Å². The molecule has 2 aromatic heterocycles. The van der Waals surface area contributed by atoms with Gasteiger partial charge >= 0.3 is 6.18 Å². The first-order chi connectivity index (χ1) is 12.2. The average molecular weight is 389 g/mol. The first-order valence-electron chi connectivity index (χ1n) is 8.06. The van der Waals surface area contributed by atoms with Crippen LogP contribution in [0.15, 0.2) is 17.8 Å². The molecule has 0 radical (unpaired) electrons. The van der Waals surface area contributed by atoms with E-state index in [1.807, 2.05) is 0 Å². The number of halogens is 3. The summed E-state index contributed by atoms with van der Waals surface area (Å²) >= 11 is 0.700. The molecule has 7 nitrogen and oxygen atoms in total. The second-order valence-electron chi connectivity index (χ2n) is 6.32. The van der Waals surface area contributed by atoms with E-state index in [4.69, 9.17) is 0 Å². The maximum Gasteiger partial charge on any atom is 0.424 e. The van der Waals surface area contributed by atoms with Crippen molar-refractivity contribution < 1.29 is 23.1 Å². The van der Waals surface area contributed by atoms with Gasteiger partial charge in [-0.05, 0) is 19.8 Å². The Morgan fingerprint density at radius 3 is 2.58 bits per heavy atom. The van der Waals surface area contributed by atoms with E-state index in [9.17, 15) is 23.1 Å². The van der Waals surface area contributed by atoms with Crippen LogP contribution < -0.4 is 0 Å². The highest BCUT2D eigenvalue weighted by atomic mass is 32.1. The van der Waals surface area contributed by atoms with E-state index in [0.717, 1.165) is 0 Å². The number of hydrogen-bond acceptors (Lipinski definition) is 6. The number of thiazole rings is 1. The molecule has 0 spiro atoms. The molecule has 1 fully saturated rings. The van der Waals surface area contributed by atoms with E-state index >= 15 is 0 Å². The number of hydrogen-bond donors (Lipinski definition) is 1. The Hall–Kier alpha value is -2.01. The molecule has 11 heteroatoms. The molecule has 1 amide bonds. The number of aromatic nitrogens is 4. The Labute approximate surface area is 151 Å². The van der Waals surface area contributed by atoms with Gasteiger partial charge in [-0.3, -0.25) is 4.79 Å². The largest absolute Gasteiger partial charge is 0.424 e. The minimum atomic E-state index is -4.99. The number of aryl methyl sites for hydroxylation is 1. The van der Waals surface area contributed by atoms with E-state index in [-0.39, 0.29) is 6.04 Å². The third kappa shape index (κ3) is 3.58. The number of amides is 1. The highest BCUT2D eigenvalue weighted by Gasteiger charge is 2.58. The van der Waals surface area contributed by atoms with Crippen LogP contribution in [-0.2, 0) is 10.4 Å². The molecule has 1 unspecified atom stereocenters. The monoisotopic (exact) mass is 389 g/mol. The lowest BCUT2D eigenvalue weighted by Gasteiger charge is -2.35. The van der Waals surface area contributed by atoms with Crippen molar-refractivity contribution in [1.82, 2.24) is 24.9 Å². The quantitative estimate of drug-likeness (QED) is 0.865. The fourth-order valence-electron chi connectivity index (χ4n) is 2.96. The van der Waals surface area contributed by atoms with Crippen molar-refractivity contribution in [3.8, 4) is 0 Å². The van der Waals surface area contributed by atoms with Gasteiger partial charge in [0.25, 0.3) is 0 Å². The molecule has 3 rings (SSSR count). The Bertz CT molecular complexity index is 756. The Morgan fingerprint density at radius 2 is 2.08 bits per heavy atom. The van der Waals surface area contributed by atoms with Crippen LogP contribution in [0.2, 0.25) is 0 Å². The minimum Gasteiger partial charge on any atom is -0.374 e. The summed E-state index contributed by atoms with van der Waals surface area (Å²) in [5, 5.41) is 18.8. The normalized spacial score (nSPS) is 18.7. The number of aliphatic hydroxyl groups is 1. The summed E-state index contributed by atoms with van der Waals surface area (Å²) in [6.45, 7) is 2.13. The number of alkyl halides is 3. The maximum absolute atomic E-state index is 13.5. The summed E-state index contributed by atoms with van der Waals surface area (Å²) in [6.07, 6.45) is -1.67. The Balaban J connectivity index is 1.69. The minimum absolute atomic E-state index is 0.0599. The highest BCUT2D eigenvalue weighted by Crippen LogP contribution is 2.43. The predicted molar refractivity (Wildman–Crippen MR) is 86.3 cm³/mol. The lowest BCUT2D eigenvalue weighted by Crippen LogP contribution is -2.48. The van der Waals surface area contributed by atoms with Crippen LogP contribution in [0, 0.1) is 6.92 Å². The molecule has 1 atom stereocenters. The first kappa shape index (κ1) is 18.8. The lowest BCUT2D eigenvalue weighted by molar-refractivity contribution is -0.268. The maximum atomic E-state index is 13.5. The van der Waals surface area contributed by atoms with Gasteiger partial charge in [-0.25, -0.2) is 9.67 Å². The third-order valence-electron chi connectivity index (χ3n) is 4.48. The van der Waals surface area contributed by atoms with Gasteiger partial charge < -0.3 is 10.0 Å². The van der Waals surface area contributed by atoms with Crippen molar-refractivity contribution in [2.24, 2.45) is 0 Å². The van der Waals surface area contributed by atoms with E-state index < -0.39 is 29.1 Å². The molecule has 1 N–H and O–H groups in total. The third-order valence-corrected chi connectivity index (χ3v) is 5.59. The van der Waals surface area contributed by atoms with Crippen LogP contribution in [0.5, 0.6) is 0 Å². The predicted octanol–water partition coefficient (Wildman–Crippen LogP) is 2.05. The van der Waals surface area contributed by atoms with Crippen molar-refractivity contribution in [1.29, 1.82) is 0 Å². The molecule has 3 heterocycles. The van der Waals surface area contributed by atoms with Gasteiger partial charge in [-0.1, -0.05) is 5.21 Å². The molecular formula is C15H18F3N5O2S. The molecular weight excluding hydrogens is 371 g/mol. The molecule has 0 saturated carbocycles. The van der Waals surface area contributed by atoms with Crippen molar-refractivity contribution in [2.75, 3.05) is 13.1 Å². The zero-order valence-electron chi connectivity index (χ0n) is 14.0. The molecule has 1 saturated heterocycles. The Morgan fingerprint density at radius 1 is 1.38 bits per heavy atom. The molecule has 26 heavy (non-hydrogen) atoms. The van der Waals surface area contributed by atoms with E-state index in [2.05, 4.69) is 15.3 Å². The van der Waals surface area contributed by atoms with Gasteiger partial charge in [0.05, 0.1) is 18.7 Å². The summed E-state index contributed by atoms with van der Waals surface area (Å²) in [6, 6.07) is 0.0599. The number of nitrogens with zero attached hydrogens (tertiary/aromatic N) is 5. The number of rotatable bonds is 4. The standard InChI is InChI=1S/C15H18F3N5O2S/c1-10-9-26-13(20-10)14(25,15(16,17)18)8-12(24)22-5-2-11(3-6-22)23-7-4-19-21-23/h4,7,9,11,25H,2-3,5-6,8H2,1H3. The van der Waals surface area contributed by atoms with Gasteiger partial charge in [0.1, 0.15) is 5.01 Å². The van der Waals surface area contributed by atoms with Crippen LogP contribution in [0.4, 0.5) is 13.2 Å². The molecule has 1 aliphatic rings. The number of carbonyl (C=O) groups is 1. The van der Waals surface area contributed by atoms with Gasteiger partial charge in [0, 0.05) is 30.4 Å². The molecule has 0 bridgehead atoms. The number of likely N-dealkylation sites (tertiary alicyclic amines) is 1. The summed E-state index contributed by atoms with van der Waals surface area (Å²) in [4.78, 5) is 17.5. The summed E-state index contributed by atoms with van der Waals surface area (Å²) in [5.74, 6) is -0.741. The van der Waals surface area contributed by atoms with Crippen LogP contribution >= 0.6 is 11.3 Å². The smallest absolute Gasteiger partial charge is 0.374 e. The first-order valence-corrected chi connectivity index (χ1v) is 8.94. The number of carbonyl (C=O) groups excluding carboxylic acids is 1. The Kier molecular flexibility index (Phi) is 5.02. The highest BCUT2D eigenvalue weighted by molar-refractivity contribution is 7.09. The fraction of sp³-hybridized carbons (Fsp3) is 0.600. The molecule has 0 aromatic carbocycles. The topological polar surface area (TPSA) is 84.1 Å². The second kappa shape index (κ2) is 6.95. The summed E-state index contributed by atoms with van der Waals surface area (Å²) in [5.41, 5.74) is -2.90. The van der Waals surface area contributed by atoms with Crippen molar-refractivity contribution in [3.05, 3.63) is 28.5 Å². The van der Waals surface area contributed by atoms with Crippen LogP contribution in [0.1, 0.15) is 36.0 Å². The molecule has 0 aliphatic carbocycles. The van der Waals surface area contributed by atoms with Gasteiger partial charge in [0.2, 0.25) is 11.5 Å². The lowest BCUT2D eigenvalue weighted by atomic mass is 9.97. The number of piperidine rings is 1. The zero-order valence-corrected chi connectivity index (χ0v) is 14.8. The van der Waals surface area contributed by atoms with Gasteiger partial charge in [-0.2, -0.15) is 13.2 Å². The molecule has 2 aromatic rings. The van der Waals surface area contributed by atoms with Crippen LogP contribution in [0.3, 0.4) is 0 Å². The van der Waals surface area contributed by atoms with Crippen molar-refractivity contribution in [3.63, 3.8) is 0 Å². The SMILES string of the molecule is Cc1csc(C(O)(CC(=O)N2CCC(n3ccnn3)CC2)C(F)(F)F)n1.